The number of halogens is 1. The number of benzene rings is 1. The van der Waals surface area contributed by atoms with Crippen LogP contribution in [0, 0.1) is 5.82 Å². The van der Waals surface area contributed by atoms with Gasteiger partial charge in [0.1, 0.15) is 5.82 Å². The lowest BCUT2D eigenvalue weighted by Gasteiger charge is -2.19. The maximum absolute atomic E-state index is 13.2. The van der Waals surface area contributed by atoms with Crippen LogP contribution in [0.1, 0.15) is 35.8 Å². The van der Waals surface area contributed by atoms with Crippen molar-refractivity contribution in [1.29, 1.82) is 0 Å². The van der Waals surface area contributed by atoms with Crippen molar-refractivity contribution in [2.75, 3.05) is 13.6 Å². The van der Waals surface area contributed by atoms with Crippen LogP contribution in [-0.2, 0) is 6.42 Å². The Morgan fingerprint density at radius 1 is 1.25 bits per heavy atom. The van der Waals surface area contributed by atoms with Crippen LogP contribution in [0.5, 0.6) is 0 Å². The molecule has 1 fully saturated rings. The smallest absolute Gasteiger partial charge is 0.123 e. The molecule has 2 aromatic rings. The minimum Gasteiger partial charge on any atom is -0.298 e. The van der Waals surface area contributed by atoms with Crippen molar-refractivity contribution in [1.82, 2.24) is 9.88 Å². The molecule has 2 nitrogen and oxygen atoms in total. The summed E-state index contributed by atoms with van der Waals surface area (Å²) in [7, 11) is 2.15. The number of hydrogen-bond donors (Lipinski definition) is 0. The molecular formula is C17H19FN2. The van der Waals surface area contributed by atoms with Gasteiger partial charge in [0.05, 0.1) is 11.7 Å². The average Bonchev–Trinajstić information content (AvgIpc) is 2.85. The molecule has 1 atom stereocenters. The lowest BCUT2D eigenvalue weighted by molar-refractivity contribution is 0.311. The number of hydrogen-bond acceptors (Lipinski definition) is 2. The molecule has 0 radical (unpaired) electrons. The third kappa shape index (κ3) is 2.88. The molecule has 0 aliphatic carbocycles. The summed E-state index contributed by atoms with van der Waals surface area (Å²) < 4.78 is 13.2. The number of aromatic nitrogens is 1. The molecule has 3 heteroatoms. The second-order valence-corrected chi connectivity index (χ2v) is 5.50. The van der Waals surface area contributed by atoms with Crippen LogP contribution < -0.4 is 0 Å². The fraction of sp³-hybridized carbons (Fsp3) is 0.353. The van der Waals surface area contributed by atoms with Crippen molar-refractivity contribution in [3.05, 3.63) is 65.2 Å². The van der Waals surface area contributed by atoms with Crippen molar-refractivity contribution in [2.45, 2.75) is 25.3 Å². The third-order valence-corrected chi connectivity index (χ3v) is 3.96. The molecule has 1 aromatic carbocycles. The molecular weight excluding hydrogens is 251 g/mol. The third-order valence-electron chi connectivity index (χ3n) is 3.96. The highest BCUT2D eigenvalue weighted by molar-refractivity contribution is 5.24. The minimum atomic E-state index is -0.186. The van der Waals surface area contributed by atoms with Crippen LogP contribution >= 0.6 is 0 Å². The highest BCUT2D eigenvalue weighted by Crippen LogP contribution is 2.29. The molecule has 0 saturated carbocycles. The van der Waals surface area contributed by atoms with Gasteiger partial charge in [0.15, 0.2) is 0 Å². The van der Waals surface area contributed by atoms with Gasteiger partial charge in [0.25, 0.3) is 0 Å². The zero-order valence-electron chi connectivity index (χ0n) is 11.7. The first-order valence-corrected chi connectivity index (χ1v) is 7.13. The van der Waals surface area contributed by atoms with E-state index >= 15 is 0 Å². The van der Waals surface area contributed by atoms with E-state index < -0.39 is 0 Å². The first-order chi connectivity index (χ1) is 9.72. The largest absolute Gasteiger partial charge is 0.298 e. The summed E-state index contributed by atoms with van der Waals surface area (Å²) in [6, 6.07) is 13.4. The van der Waals surface area contributed by atoms with E-state index in [9.17, 15) is 4.39 Å². The van der Waals surface area contributed by atoms with Crippen molar-refractivity contribution < 1.29 is 4.39 Å². The summed E-state index contributed by atoms with van der Waals surface area (Å²) >= 11 is 0. The minimum absolute atomic E-state index is 0.186. The standard InChI is InChI=1S/C17H19FN2/c1-20-10-4-9-17(20)16-8-3-7-15(19-16)12-13-5-2-6-14(18)11-13/h2-3,5-8,11,17H,4,9-10,12H2,1H3/t17-/m1/s1. The Morgan fingerprint density at radius 3 is 2.85 bits per heavy atom. The molecule has 0 N–H and O–H groups in total. The number of nitrogens with zero attached hydrogens (tertiary/aromatic N) is 2. The van der Waals surface area contributed by atoms with Crippen molar-refractivity contribution >= 4 is 0 Å². The Kier molecular flexibility index (Phi) is 3.79. The Balaban J connectivity index is 1.81. The summed E-state index contributed by atoms with van der Waals surface area (Å²) in [5.41, 5.74) is 3.11. The van der Waals surface area contributed by atoms with Gasteiger partial charge >= 0.3 is 0 Å². The molecule has 0 bridgehead atoms. The first-order valence-electron chi connectivity index (χ1n) is 7.13. The van der Waals surface area contributed by atoms with Gasteiger partial charge in [-0.05, 0) is 56.3 Å². The fourth-order valence-corrected chi connectivity index (χ4v) is 2.92. The van der Waals surface area contributed by atoms with E-state index in [1.54, 1.807) is 12.1 Å². The molecule has 1 aromatic heterocycles. The summed E-state index contributed by atoms with van der Waals surface area (Å²) in [4.78, 5) is 7.12. The van der Waals surface area contributed by atoms with E-state index in [0.29, 0.717) is 12.5 Å². The summed E-state index contributed by atoms with van der Waals surface area (Å²) in [5, 5.41) is 0. The van der Waals surface area contributed by atoms with Crippen LogP contribution in [0.2, 0.25) is 0 Å². The van der Waals surface area contributed by atoms with Crippen LogP contribution in [0.4, 0.5) is 4.39 Å². The number of pyridine rings is 1. The summed E-state index contributed by atoms with van der Waals surface area (Å²) in [5.74, 6) is -0.186. The lowest BCUT2D eigenvalue weighted by atomic mass is 10.1. The average molecular weight is 270 g/mol. The molecule has 0 spiro atoms. The normalized spacial score (nSPS) is 19.4. The second-order valence-electron chi connectivity index (χ2n) is 5.50. The van der Waals surface area contributed by atoms with Crippen LogP contribution in [0.25, 0.3) is 0 Å². The van der Waals surface area contributed by atoms with E-state index in [4.69, 9.17) is 4.98 Å². The van der Waals surface area contributed by atoms with Gasteiger partial charge in [-0.3, -0.25) is 9.88 Å². The van der Waals surface area contributed by atoms with Gasteiger partial charge in [-0.25, -0.2) is 4.39 Å². The monoisotopic (exact) mass is 270 g/mol. The molecule has 20 heavy (non-hydrogen) atoms. The zero-order valence-corrected chi connectivity index (χ0v) is 11.7. The highest BCUT2D eigenvalue weighted by atomic mass is 19.1. The van der Waals surface area contributed by atoms with E-state index in [2.05, 4.69) is 24.1 Å². The maximum atomic E-state index is 13.2. The Labute approximate surface area is 119 Å². The summed E-state index contributed by atoms with van der Waals surface area (Å²) in [6.45, 7) is 1.14. The Hall–Kier alpha value is -1.74. The van der Waals surface area contributed by atoms with Crippen LogP contribution in [-0.4, -0.2) is 23.5 Å². The van der Waals surface area contributed by atoms with Crippen molar-refractivity contribution in [3.63, 3.8) is 0 Å². The van der Waals surface area contributed by atoms with Crippen molar-refractivity contribution in [2.24, 2.45) is 0 Å². The quantitative estimate of drug-likeness (QED) is 0.847. The SMILES string of the molecule is CN1CCC[C@@H]1c1cccc(Cc2cccc(F)c2)n1. The Morgan fingerprint density at radius 2 is 2.10 bits per heavy atom. The fourth-order valence-electron chi connectivity index (χ4n) is 2.92. The van der Waals surface area contributed by atoms with E-state index in [0.717, 1.165) is 23.5 Å². The van der Waals surface area contributed by atoms with Gasteiger partial charge < -0.3 is 0 Å². The molecule has 2 heterocycles. The van der Waals surface area contributed by atoms with Crippen LogP contribution in [0.15, 0.2) is 42.5 Å². The first kappa shape index (κ1) is 13.3. The molecule has 1 aliphatic rings. The molecule has 1 aliphatic heterocycles. The number of likely N-dealkylation sites (tertiary alicyclic amines) is 1. The highest BCUT2D eigenvalue weighted by Gasteiger charge is 2.23. The number of rotatable bonds is 3. The van der Waals surface area contributed by atoms with Gasteiger partial charge in [0, 0.05) is 12.1 Å². The molecule has 104 valence electrons. The topological polar surface area (TPSA) is 16.1 Å². The van der Waals surface area contributed by atoms with E-state index in [1.165, 1.54) is 18.9 Å². The predicted molar refractivity (Wildman–Crippen MR) is 78.0 cm³/mol. The summed E-state index contributed by atoms with van der Waals surface area (Å²) in [6.07, 6.45) is 3.09. The van der Waals surface area contributed by atoms with Crippen molar-refractivity contribution in [3.8, 4) is 0 Å². The van der Waals surface area contributed by atoms with Crippen LogP contribution in [0.3, 0.4) is 0 Å². The molecule has 0 amide bonds. The van der Waals surface area contributed by atoms with Gasteiger partial charge in [-0.1, -0.05) is 18.2 Å². The van der Waals surface area contributed by atoms with Gasteiger partial charge in [0.2, 0.25) is 0 Å². The predicted octanol–water partition coefficient (Wildman–Crippen LogP) is 3.58. The zero-order chi connectivity index (χ0) is 13.9. The molecule has 3 rings (SSSR count). The lowest BCUT2D eigenvalue weighted by Crippen LogP contribution is -2.18. The second kappa shape index (κ2) is 5.71. The van der Waals surface area contributed by atoms with Gasteiger partial charge in [-0.15, -0.1) is 0 Å². The van der Waals surface area contributed by atoms with E-state index in [-0.39, 0.29) is 5.82 Å². The Bertz CT molecular complexity index is 597. The maximum Gasteiger partial charge on any atom is 0.123 e. The van der Waals surface area contributed by atoms with E-state index in [1.807, 2.05) is 12.1 Å². The molecule has 1 saturated heterocycles. The molecule has 0 unspecified atom stereocenters. The van der Waals surface area contributed by atoms with Gasteiger partial charge in [-0.2, -0.15) is 0 Å².